The van der Waals surface area contributed by atoms with E-state index in [9.17, 15) is 42.8 Å². The molecule has 0 spiro atoms. The number of nitro groups is 1. The molecule has 1 aromatic heterocycles. The normalized spacial score (nSPS) is 10.9. The Kier molecular flexibility index (Phi) is 6.03. The first-order chi connectivity index (χ1) is 14.9. The lowest BCUT2D eigenvalue weighted by Gasteiger charge is -2.18. The third kappa shape index (κ3) is 3.93. The summed E-state index contributed by atoms with van der Waals surface area (Å²) in [4.78, 5) is 45.5. The molecule has 0 unspecified atom stereocenters. The number of nitro benzene ring substituents is 1. The standard InChI is InChI=1S/C19H10BrF3N2O7/c1-7(26)32-6-8-2-11(21)14(25(30)31)4-13(8)24-5-10(19(28)29)18(27)9-3-12(22)16(23)15(20)17(9)24/h2-5H,6H2,1H3,(H,28,29). The van der Waals surface area contributed by atoms with E-state index in [1.165, 1.54) is 0 Å². The molecule has 13 heteroatoms. The van der Waals surface area contributed by atoms with Crippen LogP contribution in [0, 0.1) is 27.6 Å². The van der Waals surface area contributed by atoms with E-state index in [1.807, 2.05) is 0 Å². The number of carboxylic acids is 1. The molecule has 32 heavy (non-hydrogen) atoms. The van der Waals surface area contributed by atoms with Crippen LogP contribution in [0.1, 0.15) is 22.8 Å². The SMILES string of the molecule is CC(=O)OCc1cc(F)c([N+](=O)[O-])cc1-n1cc(C(=O)O)c(=O)c2cc(F)c(F)c(Br)c21. The van der Waals surface area contributed by atoms with Crippen LogP contribution in [-0.4, -0.2) is 26.5 Å². The highest BCUT2D eigenvalue weighted by Gasteiger charge is 2.25. The van der Waals surface area contributed by atoms with Gasteiger partial charge in [-0.1, -0.05) is 0 Å². The summed E-state index contributed by atoms with van der Waals surface area (Å²) < 4.78 is 47.6. The minimum absolute atomic E-state index is 0.179. The third-order valence-corrected chi connectivity index (χ3v) is 5.11. The molecule has 3 rings (SSSR count). The van der Waals surface area contributed by atoms with Crippen LogP contribution in [0.3, 0.4) is 0 Å². The molecule has 166 valence electrons. The second-order valence-corrected chi connectivity index (χ2v) is 7.19. The minimum Gasteiger partial charge on any atom is -0.477 e. The van der Waals surface area contributed by atoms with Gasteiger partial charge in [-0.3, -0.25) is 19.7 Å². The van der Waals surface area contributed by atoms with Gasteiger partial charge in [0.15, 0.2) is 11.6 Å². The predicted molar refractivity (Wildman–Crippen MR) is 106 cm³/mol. The summed E-state index contributed by atoms with van der Waals surface area (Å²) in [5.74, 6) is -6.67. The zero-order valence-electron chi connectivity index (χ0n) is 15.8. The van der Waals surface area contributed by atoms with Crippen molar-refractivity contribution >= 4 is 44.5 Å². The van der Waals surface area contributed by atoms with E-state index in [1.54, 1.807) is 0 Å². The highest BCUT2D eigenvalue weighted by Crippen LogP contribution is 2.33. The van der Waals surface area contributed by atoms with Crippen LogP contribution in [0.5, 0.6) is 0 Å². The van der Waals surface area contributed by atoms with Crippen molar-refractivity contribution in [3.8, 4) is 5.69 Å². The lowest BCUT2D eigenvalue weighted by atomic mass is 10.1. The highest BCUT2D eigenvalue weighted by molar-refractivity contribution is 9.10. The van der Waals surface area contributed by atoms with Crippen molar-refractivity contribution in [2.45, 2.75) is 13.5 Å². The molecule has 3 aromatic rings. The number of hydrogen-bond acceptors (Lipinski definition) is 6. The molecule has 0 atom stereocenters. The number of pyridine rings is 1. The Labute approximate surface area is 183 Å². The van der Waals surface area contributed by atoms with E-state index in [4.69, 9.17) is 4.74 Å². The van der Waals surface area contributed by atoms with Gasteiger partial charge in [-0.05, 0) is 28.1 Å². The van der Waals surface area contributed by atoms with Gasteiger partial charge in [0.05, 0.1) is 26.0 Å². The first-order valence-corrected chi connectivity index (χ1v) is 9.30. The van der Waals surface area contributed by atoms with E-state index in [-0.39, 0.29) is 16.8 Å². The number of hydrogen-bond donors (Lipinski definition) is 1. The Hall–Kier alpha value is -3.74. The molecule has 0 saturated heterocycles. The summed E-state index contributed by atoms with van der Waals surface area (Å²) in [6.07, 6.45) is 0.726. The third-order valence-electron chi connectivity index (χ3n) is 4.39. The molecule has 0 aliphatic heterocycles. The maximum Gasteiger partial charge on any atom is 0.341 e. The van der Waals surface area contributed by atoms with E-state index < -0.39 is 67.5 Å². The number of ether oxygens (including phenoxy) is 1. The fraction of sp³-hybridized carbons (Fsp3) is 0.105. The number of rotatable bonds is 5. The Morgan fingerprint density at radius 1 is 1.22 bits per heavy atom. The Bertz CT molecular complexity index is 1390. The van der Waals surface area contributed by atoms with Crippen molar-refractivity contribution in [1.82, 2.24) is 4.57 Å². The minimum atomic E-state index is -1.72. The average molecular weight is 515 g/mol. The Balaban J connectivity index is 2.54. The van der Waals surface area contributed by atoms with Crippen molar-refractivity contribution in [3.63, 3.8) is 0 Å². The number of carbonyl (C=O) groups excluding carboxylic acids is 1. The van der Waals surface area contributed by atoms with Gasteiger partial charge in [0, 0.05) is 24.8 Å². The van der Waals surface area contributed by atoms with Crippen molar-refractivity contribution in [2.24, 2.45) is 0 Å². The number of aromatic carboxylic acids is 1. The van der Waals surface area contributed by atoms with Gasteiger partial charge in [0.1, 0.15) is 12.2 Å². The van der Waals surface area contributed by atoms with Crippen LogP contribution in [0.25, 0.3) is 16.6 Å². The largest absolute Gasteiger partial charge is 0.477 e. The van der Waals surface area contributed by atoms with Gasteiger partial charge in [-0.15, -0.1) is 0 Å². The van der Waals surface area contributed by atoms with Crippen LogP contribution in [0.2, 0.25) is 0 Å². The highest BCUT2D eigenvalue weighted by atomic mass is 79.9. The van der Waals surface area contributed by atoms with E-state index in [2.05, 4.69) is 15.9 Å². The Morgan fingerprint density at radius 3 is 2.44 bits per heavy atom. The van der Waals surface area contributed by atoms with Crippen LogP contribution < -0.4 is 5.43 Å². The van der Waals surface area contributed by atoms with Crippen LogP contribution in [0.4, 0.5) is 18.9 Å². The van der Waals surface area contributed by atoms with Crippen molar-refractivity contribution < 1.29 is 37.5 Å². The maximum absolute atomic E-state index is 14.3. The van der Waals surface area contributed by atoms with Crippen molar-refractivity contribution in [2.75, 3.05) is 0 Å². The van der Waals surface area contributed by atoms with Crippen LogP contribution >= 0.6 is 15.9 Å². The number of carboxylic acid groups (broad SMARTS) is 1. The molecular weight excluding hydrogens is 505 g/mol. The molecule has 1 N–H and O–H groups in total. The number of benzene rings is 2. The molecule has 0 radical (unpaired) electrons. The first-order valence-electron chi connectivity index (χ1n) is 8.50. The zero-order chi connectivity index (χ0) is 23.9. The van der Waals surface area contributed by atoms with E-state index in [0.717, 1.165) is 17.7 Å². The molecule has 0 aliphatic rings. The van der Waals surface area contributed by atoms with Gasteiger partial charge < -0.3 is 14.4 Å². The number of fused-ring (bicyclic) bond motifs is 1. The fourth-order valence-corrected chi connectivity index (χ4v) is 3.58. The maximum atomic E-state index is 14.3. The predicted octanol–water partition coefficient (Wildman–Crippen LogP) is 3.84. The number of halogens is 4. The molecule has 0 aliphatic carbocycles. The molecule has 9 nitrogen and oxygen atoms in total. The first kappa shape index (κ1) is 22.9. The number of nitrogens with zero attached hydrogens (tertiary/aromatic N) is 2. The summed E-state index contributed by atoms with van der Waals surface area (Å²) >= 11 is 2.81. The molecule has 1 heterocycles. The molecule has 0 bridgehead atoms. The molecular formula is C19H10BrF3N2O7. The molecule has 0 amide bonds. The summed E-state index contributed by atoms with van der Waals surface area (Å²) in [5.41, 5.74) is -3.93. The number of aromatic nitrogens is 1. The lowest BCUT2D eigenvalue weighted by molar-refractivity contribution is -0.387. The fourth-order valence-electron chi connectivity index (χ4n) is 2.98. The Morgan fingerprint density at radius 2 is 1.88 bits per heavy atom. The van der Waals surface area contributed by atoms with Crippen LogP contribution in [-0.2, 0) is 16.1 Å². The number of carbonyl (C=O) groups is 2. The molecule has 2 aromatic carbocycles. The van der Waals surface area contributed by atoms with Gasteiger partial charge >= 0.3 is 17.6 Å². The van der Waals surface area contributed by atoms with Gasteiger partial charge in [-0.2, -0.15) is 4.39 Å². The summed E-state index contributed by atoms with van der Waals surface area (Å²) in [5, 5.41) is 20.1. The monoisotopic (exact) mass is 514 g/mol. The van der Waals surface area contributed by atoms with Gasteiger partial charge in [0.2, 0.25) is 11.2 Å². The quantitative estimate of drug-likeness (QED) is 0.237. The topological polar surface area (TPSA) is 129 Å². The van der Waals surface area contributed by atoms with Crippen LogP contribution in [0.15, 0.2) is 33.7 Å². The van der Waals surface area contributed by atoms with Gasteiger partial charge in [-0.25, -0.2) is 13.6 Å². The van der Waals surface area contributed by atoms with Crippen molar-refractivity contribution in [1.29, 1.82) is 0 Å². The molecule has 0 saturated carbocycles. The van der Waals surface area contributed by atoms with Crippen molar-refractivity contribution in [3.05, 3.63) is 77.8 Å². The van der Waals surface area contributed by atoms with E-state index >= 15 is 0 Å². The summed E-state index contributed by atoms with van der Waals surface area (Å²) in [6.45, 7) is 0.449. The van der Waals surface area contributed by atoms with Gasteiger partial charge in [0.25, 0.3) is 0 Å². The second kappa shape index (κ2) is 8.42. The second-order valence-electron chi connectivity index (χ2n) is 6.40. The summed E-state index contributed by atoms with van der Waals surface area (Å²) in [6, 6.07) is 1.84. The average Bonchev–Trinajstić information content (AvgIpc) is 2.71. The smallest absolute Gasteiger partial charge is 0.341 e. The number of esters is 1. The molecule has 0 fully saturated rings. The summed E-state index contributed by atoms with van der Waals surface area (Å²) in [7, 11) is 0. The zero-order valence-corrected chi connectivity index (χ0v) is 17.4. The van der Waals surface area contributed by atoms with E-state index in [0.29, 0.717) is 18.2 Å². The lowest BCUT2D eigenvalue weighted by Crippen LogP contribution is -2.20.